The van der Waals surface area contributed by atoms with E-state index in [4.69, 9.17) is 0 Å². The Balaban J connectivity index is 0.00000169. The minimum absolute atomic E-state index is 0. The van der Waals surface area contributed by atoms with Crippen LogP contribution in [0.2, 0.25) is 0 Å². The third-order valence-electron chi connectivity index (χ3n) is 4.64. The van der Waals surface area contributed by atoms with Crippen LogP contribution in [0.1, 0.15) is 16.1 Å². The number of nitrogens with one attached hydrogen (secondary N) is 1. The standard InChI is InChI=1S/C16H19N3O2S2.ClH/c20-15(11-1-3-17-10-11)18-4-6-19(7-5-18)16(21)14-9-13-12(23-14)2-8-22-13;/h2,8-9,11,17H,1,3-7,10H2;1H. The van der Waals surface area contributed by atoms with Gasteiger partial charge in [-0.2, -0.15) is 0 Å². The molecule has 130 valence electrons. The molecule has 5 nitrogen and oxygen atoms in total. The molecule has 1 atom stereocenters. The Bertz CT molecular complexity index is 702. The first-order chi connectivity index (χ1) is 11.2. The summed E-state index contributed by atoms with van der Waals surface area (Å²) in [6.07, 6.45) is 0.934. The van der Waals surface area contributed by atoms with Crippen LogP contribution in [0.3, 0.4) is 0 Å². The normalized spacial score (nSPS) is 21.1. The Morgan fingerprint density at radius 2 is 1.88 bits per heavy atom. The van der Waals surface area contributed by atoms with E-state index in [1.165, 1.54) is 9.40 Å². The number of thiophene rings is 2. The zero-order valence-corrected chi connectivity index (χ0v) is 15.6. The van der Waals surface area contributed by atoms with E-state index in [9.17, 15) is 9.59 Å². The third-order valence-corrected chi connectivity index (χ3v) is 6.72. The van der Waals surface area contributed by atoms with E-state index in [0.29, 0.717) is 26.2 Å². The van der Waals surface area contributed by atoms with E-state index in [2.05, 4.69) is 16.8 Å². The van der Waals surface area contributed by atoms with E-state index in [1.807, 2.05) is 15.9 Å². The van der Waals surface area contributed by atoms with Crippen LogP contribution in [0, 0.1) is 5.92 Å². The molecule has 4 rings (SSSR count). The van der Waals surface area contributed by atoms with Gasteiger partial charge >= 0.3 is 0 Å². The van der Waals surface area contributed by atoms with Crippen molar-refractivity contribution in [1.82, 2.24) is 15.1 Å². The summed E-state index contributed by atoms with van der Waals surface area (Å²) in [5.41, 5.74) is 0. The van der Waals surface area contributed by atoms with Crippen LogP contribution in [0.5, 0.6) is 0 Å². The molecule has 2 aliphatic rings. The molecule has 2 aromatic heterocycles. The van der Waals surface area contributed by atoms with Crippen molar-refractivity contribution in [3.8, 4) is 0 Å². The Morgan fingerprint density at radius 3 is 2.54 bits per heavy atom. The summed E-state index contributed by atoms with van der Waals surface area (Å²) in [5, 5.41) is 5.29. The number of nitrogens with zero attached hydrogens (tertiary/aromatic N) is 2. The number of piperazine rings is 1. The lowest BCUT2D eigenvalue weighted by Gasteiger charge is -2.35. The lowest BCUT2D eigenvalue weighted by Crippen LogP contribution is -2.52. The number of amides is 2. The molecule has 0 aliphatic carbocycles. The summed E-state index contributed by atoms with van der Waals surface area (Å²) in [6, 6.07) is 4.06. The fraction of sp³-hybridized carbons (Fsp3) is 0.500. The van der Waals surface area contributed by atoms with Crippen LogP contribution in [0.25, 0.3) is 9.40 Å². The monoisotopic (exact) mass is 385 g/mol. The number of hydrogen-bond donors (Lipinski definition) is 1. The molecule has 2 aliphatic heterocycles. The molecule has 2 saturated heterocycles. The first-order valence-electron chi connectivity index (χ1n) is 7.98. The highest BCUT2D eigenvalue weighted by Crippen LogP contribution is 2.30. The summed E-state index contributed by atoms with van der Waals surface area (Å²) in [6.45, 7) is 4.31. The second kappa shape index (κ2) is 7.39. The second-order valence-electron chi connectivity index (χ2n) is 6.07. The molecule has 1 unspecified atom stereocenters. The van der Waals surface area contributed by atoms with Crippen molar-refractivity contribution in [3.63, 3.8) is 0 Å². The zero-order valence-electron chi connectivity index (χ0n) is 13.2. The molecule has 2 amide bonds. The van der Waals surface area contributed by atoms with E-state index < -0.39 is 0 Å². The van der Waals surface area contributed by atoms with Crippen LogP contribution in [0.4, 0.5) is 0 Å². The number of halogens is 1. The van der Waals surface area contributed by atoms with Crippen molar-refractivity contribution < 1.29 is 9.59 Å². The van der Waals surface area contributed by atoms with Gasteiger partial charge in [0.25, 0.3) is 5.91 Å². The van der Waals surface area contributed by atoms with Gasteiger partial charge in [-0.15, -0.1) is 35.1 Å². The van der Waals surface area contributed by atoms with E-state index in [-0.39, 0.29) is 30.1 Å². The summed E-state index contributed by atoms with van der Waals surface area (Å²) >= 11 is 3.24. The zero-order chi connectivity index (χ0) is 15.8. The average molecular weight is 386 g/mol. The number of rotatable bonds is 2. The number of carbonyl (C=O) groups excluding carboxylic acids is 2. The predicted molar refractivity (Wildman–Crippen MR) is 100 cm³/mol. The highest BCUT2D eigenvalue weighted by Gasteiger charge is 2.31. The first kappa shape index (κ1) is 17.7. The number of hydrogen-bond acceptors (Lipinski definition) is 5. The fourth-order valence-electron chi connectivity index (χ4n) is 3.28. The molecule has 24 heavy (non-hydrogen) atoms. The highest BCUT2D eigenvalue weighted by atomic mass is 35.5. The largest absolute Gasteiger partial charge is 0.339 e. The summed E-state index contributed by atoms with van der Waals surface area (Å²) < 4.78 is 2.36. The SMILES string of the molecule is Cl.O=C(c1cc2sccc2s1)N1CCN(C(=O)C2CCNC2)CC1. The molecule has 1 N–H and O–H groups in total. The maximum Gasteiger partial charge on any atom is 0.264 e. The highest BCUT2D eigenvalue weighted by molar-refractivity contribution is 7.27. The molecular formula is C16H20ClN3O2S2. The van der Waals surface area contributed by atoms with Gasteiger partial charge in [0.05, 0.1) is 10.8 Å². The van der Waals surface area contributed by atoms with Crippen LogP contribution in [-0.4, -0.2) is 60.9 Å². The van der Waals surface area contributed by atoms with Gasteiger partial charge in [0.15, 0.2) is 0 Å². The van der Waals surface area contributed by atoms with Gasteiger partial charge in [0.2, 0.25) is 5.91 Å². The molecule has 0 radical (unpaired) electrons. The molecular weight excluding hydrogens is 366 g/mol. The second-order valence-corrected chi connectivity index (χ2v) is 8.10. The van der Waals surface area contributed by atoms with Crippen LogP contribution in [0.15, 0.2) is 17.5 Å². The van der Waals surface area contributed by atoms with Crippen LogP contribution >= 0.6 is 35.1 Å². The number of carbonyl (C=O) groups is 2. The predicted octanol–water partition coefficient (Wildman–Crippen LogP) is 2.28. The summed E-state index contributed by atoms with van der Waals surface area (Å²) in [5.74, 6) is 0.480. The van der Waals surface area contributed by atoms with Gasteiger partial charge in [0.1, 0.15) is 0 Å². The van der Waals surface area contributed by atoms with Gasteiger partial charge in [0, 0.05) is 42.1 Å². The Morgan fingerprint density at radius 1 is 1.12 bits per heavy atom. The van der Waals surface area contributed by atoms with Gasteiger partial charge in [-0.05, 0) is 30.5 Å². The van der Waals surface area contributed by atoms with Crippen molar-refractivity contribution in [2.45, 2.75) is 6.42 Å². The Labute approximate surface area is 155 Å². The molecule has 8 heteroatoms. The third kappa shape index (κ3) is 3.31. The van der Waals surface area contributed by atoms with Gasteiger partial charge in [-0.25, -0.2) is 0 Å². The van der Waals surface area contributed by atoms with Crippen molar-refractivity contribution in [2.75, 3.05) is 39.3 Å². The summed E-state index contributed by atoms with van der Waals surface area (Å²) in [4.78, 5) is 29.7. The van der Waals surface area contributed by atoms with Crippen LogP contribution in [-0.2, 0) is 4.79 Å². The van der Waals surface area contributed by atoms with Crippen molar-refractivity contribution in [3.05, 3.63) is 22.4 Å². The maximum absolute atomic E-state index is 12.6. The minimum atomic E-state index is 0. The molecule has 2 aromatic rings. The van der Waals surface area contributed by atoms with Gasteiger partial charge in [-0.3, -0.25) is 9.59 Å². The maximum atomic E-state index is 12.6. The fourth-order valence-corrected chi connectivity index (χ4v) is 5.36. The lowest BCUT2D eigenvalue weighted by molar-refractivity contribution is -0.136. The Kier molecular flexibility index (Phi) is 5.44. The molecule has 0 aromatic carbocycles. The smallest absolute Gasteiger partial charge is 0.264 e. The van der Waals surface area contributed by atoms with Crippen LogP contribution < -0.4 is 5.32 Å². The summed E-state index contributed by atoms with van der Waals surface area (Å²) in [7, 11) is 0. The lowest BCUT2D eigenvalue weighted by atomic mass is 10.1. The van der Waals surface area contributed by atoms with E-state index >= 15 is 0 Å². The van der Waals surface area contributed by atoms with E-state index in [0.717, 1.165) is 24.4 Å². The van der Waals surface area contributed by atoms with Crippen molar-refractivity contribution in [2.24, 2.45) is 5.92 Å². The quantitative estimate of drug-likeness (QED) is 0.862. The minimum Gasteiger partial charge on any atom is -0.339 e. The van der Waals surface area contributed by atoms with Crippen molar-refractivity contribution >= 4 is 56.3 Å². The number of fused-ring (bicyclic) bond motifs is 1. The molecule has 2 fully saturated rings. The average Bonchev–Trinajstić information content (AvgIpc) is 3.29. The van der Waals surface area contributed by atoms with E-state index in [1.54, 1.807) is 22.7 Å². The molecule has 0 saturated carbocycles. The topological polar surface area (TPSA) is 52.7 Å². The molecule has 0 bridgehead atoms. The Hall–Kier alpha value is -1.15. The van der Waals surface area contributed by atoms with Gasteiger partial charge in [-0.1, -0.05) is 0 Å². The van der Waals surface area contributed by atoms with Gasteiger partial charge < -0.3 is 15.1 Å². The molecule has 4 heterocycles. The molecule has 0 spiro atoms. The first-order valence-corrected chi connectivity index (χ1v) is 9.68. The van der Waals surface area contributed by atoms with Crippen molar-refractivity contribution in [1.29, 1.82) is 0 Å².